The fourth-order valence-corrected chi connectivity index (χ4v) is 3.38. The summed E-state index contributed by atoms with van der Waals surface area (Å²) >= 11 is 1.62. The van der Waals surface area contributed by atoms with E-state index in [4.69, 9.17) is 5.73 Å². The molecular weight excluding hydrogens is 385 g/mol. The first-order valence-corrected chi connectivity index (χ1v) is 10.2. The molecule has 2 atom stereocenters. The first-order chi connectivity index (χ1) is 13.1. The number of nitrogens with one attached hydrogen (secondary N) is 1. The highest BCUT2D eigenvalue weighted by molar-refractivity contribution is 7.98. The van der Waals surface area contributed by atoms with Crippen LogP contribution in [0.15, 0.2) is 53.4 Å². The molecule has 0 fully saturated rings. The Kier molecular flexibility index (Phi) is 7.55. The summed E-state index contributed by atoms with van der Waals surface area (Å²) < 4.78 is 41.0. The molecule has 0 aromatic heterocycles. The lowest BCUT2D eigenvalue weighted by Gasteiger charge is -2.27. The van der Waals surface area contributed by atoms with Crippen molar-refractivity contribution >= 4 is 17.7 Å². The second-order valence-electron chi connectivity index (χ2n) is 7.08. The van der Waals surface area contributed by atoms with E-state index in [2.05, 4.69) is 5.32 Å². The third-order valence-corrected chi connectivity index (χ3v) is 5.16. The summed E-state index contributed by atoms with van der Waals surface area (Å²) in [6.07, 6.45) is -2.33. The van der Waals surface area contributed by atoms with Crippen molar-refractivity contribution in [1.82, 2.24) is 5.32 Å². The molecule has 0 saturated carbocycles. The monoisotopic (exact) mass is 410 g/mol. The number of thioether (sulfide) groups is 1. The smallest absolute Gasteiger partial charge is 0.368 e. The van der Waals surface area contributed by atoms with Gasteiger partial charge in [-0.05, 0) is 47.4 Å². The van der Waals surface area contributed by atoms with Gasteiger partial charge in [0.05, 0.1) is 6.04 Å². The maximum atomic E-state index is 13.7. The number of carbonyl (C=O) groups is 1. The van der Waals surface area contributed by atoms with Crippen LogP contribution in [0.3, 0.4) is 0 Å². The Labute approximate surface area is 167 Å². The van der Waals surface area contributed by atoms with Gasteiger partial charge >= 0.3 is 6.18 Å². The minimum Gasteiger partial charge on any atom is -0.368 e. The van der Waals surface area contributed by atoms with Crippen molar-refractivity contribution in [3.05, 3.63) is 54.1 Å². The Morgan fingerprint density at radius 1 is 1.04 bits per heavy atom. The molecule has 0 unspecified atom stereocenters. The highest BCUT2D eigenvalue weighted by Crippen LogP contribution is 2.34. The first kappa shape index (κ1) is 22.3. The van der Waals surface area contributed by atoms with Crippen molar-refractivity contribution in [3.8, 4) is 11.1 Å². The van der Waals surface area contributed by atoms with Gasteiger partial charge in [-0.15, -0.1) is 11.8 Å². The van der Waals surface area contributed by atoms with Crippen molar-refractivity contribution in [3.63, 3.8) is 0 Å². The van der Waals surface area contributed by atoms with E-state index in [0.717, 1.165) is 16.0 Å². The molecule has 0 bridgehead atoms. The molecule has 3 nitrogen and oxygen atoms in total. The van der Waals surface area contributed by atoms with Crippen LogP contribution in [0.4, 0.5) is 13.2 Å². The molecule has 2 rings (SSSR count). The zero-order valence-corrected chi connectivity index (χ0v) is 16.9. The number of primary amides is 1. The van der Waals surface area contributed by atoms with Gasteiger partial charge in [-0.1, -0.05) is 50.2 Å². The predicted octanol–water partition coefficient (Wildman–Crippen LogP) is 5.17. The summed E-state index contributed by atoms with van der Waals surface area (Å²) in [5.74, 6) is -0.751. The normalized spacial score (nSPS) is 14.1. The number of amides is 1. The van der Waals surface area contributed by atoms with Gasteiger partial charge in [0.1, 0.15) is 6.04 Å². The largest absolute Gasteiger partial charge is 0.407 e. The summed E-state index contributed by atoms with van der Waals surface area (Å²) in [7, 11) is 0. The van der Waals surface area contributed by atoms with E-state index in [1.165, 1.54) is 12.1 Å². The first-order valence-electron chi connectivity index (χ1n) is 8.98. The average Bonchev–Trinajstić information content (AvgIpc) is 2.64. The molecule has 2 aromatic carbocycles. The highest BCUT2D eigenvalue weighted by Gasteiger charge is 2.42. The summed E-state index contributed by atoms with van der Waals surface area (Å²) in [5, 5.41) is 2.41. The Morgan fingerprint density at radius 3 is 1.93 bits per heavy atom. The van der Waals surface area contributed by atoms with Crippen LogP contribution in [0.25, 0.3) is 11.1 Å². The molecule has 7 heteroatoms. The molecular formula is C21H25F3N2OS. The van der Waals surface area contributed by atoms with Crippen LogP contribution in [0.1, 0.15) is 31.9 Å². The second kappa shape index (κ2) is 9.47. The van der Waals surface area contributed by atoms with E-state index >= 15 is 0 Å². The number of benzene rings is 2. The van der Waals surface area contributed by atoms with Crippen LogP contribution < -0.4 is 11.1 Å². The minimum atomic E-state index is -4.55. The molecule has 0 aliphatic heterocycles. The minimum absolute atomic E-state index is 0.0329. The number of rotatable bonds is 8. The van der Waals surface area contributed by atoms with Gasteiger partial charge in [-0.3, -0.25) is 10.1 Å². The molecule has 152 valence electrons. The average molecular weight is 411 g/mol. The van der Waals surface area contributed by atoms with Gasteiger partial charge < -0.3 is 5.73 Å². The molecule has 0 saturated heterocycles. The van der Waals surface area contributed by atoms with Gasteiger partial charge in [0, 0.05) is 4.90 Å². The molecule has 1 amide bonds. The molecule has 3 N–H and O–H groups in total. The van der Waals surface area contributed by atoms with Gasteiger partial charge in [-0.25, -0.2) is 0 Å². The summed E-state index contributed by atoms with van der Waals surface area (Å²) in [6, 6.07) is 11.0. The molecule has 0 aliphatic carbocycles. The molecule has 0 radical (unpaired) electrons. The number of halogens is 3. The van der Waals surface area contributed by atoms with Crippen molar-refractivity contribution in [1.29, 1.82) is 0 Å². The van der Waals surface area contributed by atoms with E-state index in [0.29, 0.717) is 0 Å². The van der Waals surface area contributed by atoms with E-state index in [1.54, 1.807) is 23.9 Å². The Hall–Kier alpha value is -1.99. The standard InChI is InChI=1S/C21H25F3N2OS/c1-13(2)12-18(20(25)27)26-19(21(22,23)24)16-6-4-14(5-7-16)15-8-10-17(28-3)11-9-15/h4-11,13,18-19,26H,12H2,1-3H3,(H2,25,27)/t18-,19-/m0/s1. The number of alkyl halides is 3. The van der Waals surface area contributed by atoms with Crippen LogP contribution in [-0.2, 0) is 4.79 Å². The fourth-order valence-electron chi connectivity index (χ4n) is 2.97. The van der Waals surface area contributed by atoms with Crippen molar-refractivity contribution in [2.75, 3.05) is 6.26 Å². The SMILES string of the molecule is CSc1ccc(-c2ccc([C@H](N[C@@H](CC(C)C)C(N)=O)C(F)(F)F)cc2)cc1. The Morgan fingerprint density at radius 2 is 1.54 bits per heavy atom. The molecule has 0 aliphatic rings. The van der Waals surface area contributed by atoms with E-state index in [-0.39, 0.29) is 17.9 Å². The van der Waals surface area contributed by atoms with Crippen LogP contribution >= 0.6 is 11.8 Å². The third-order valence-electron chi connectivity index (χ3n) is 4.41. The van der Waals surface area contributed by atoms with Crippen LogP contribution in [0.5, 0.6) is 0 Å². The fraction of sp³-hybridized carbons (Fsp3) is 0.381. The lowest BCUT2D eigenvalue weighted by molar-refractivity contribution is -0.160. The van der Waals surface area contributed by atoms with Gasteiger partial charge in [0.2, 0.25) is 5.91 Å². The number of carbonyl (C=O) groups excluding carboxylic acids is 1. The van der Waals surface area contributed by atoms with Crippen LogP contribution in [0, 0.1) is 5.92 Å². The predicted molar refractivity (Wildman–Crippen MR) is 108 cm³/mol. The van der Waals surface area contributed by atoms with Crippen LogP contribution in [-0.4, -0.2) is 24.4 Å². The summed E-state index contributed by atoms with van der Waals surface area (Å²) in [5.41, 5.74) is 7.11. The topological polar surface area (TPSA) is 55.1 Å². The quantitative estimate of drug-likeness (QED) is 0.591. The zero-order valence-electron chi connectivity index (χ0n) is 16.1. The molecule has 28 heavy (non-hydrogen) atoms. The lowest BCUT2D eigenvalue weighted by atomic mass is 9.98. The summed E-state index contributed by atoms with van der Waals surface area (Å²) in [6.45, 7) is 3.66. The number of hydrogen-bond donors (Lipinski definition) is 2. The molecule has 0 spiro atoms. The Bertz CT molecular complexity index is 774. The second-order valence-corrected chi connectivity index (χ2v) is 7.96. The number of nitrogens with two attached hydrogens (primary N) is 1. The molecule has 2 aromatic rings. The van der Waals surface area contributed by atoms with Crippen molar-refractivity contribution < 1.29 is 18.0 Å². The zero-order chi connectivity index (χ0) is 20.9. The van der Waals surface area contributed by atoms with Gasteiger partial charge in [0.25, 0.3) is 0 Å². The number of hydrogen-bond acceptors (Lipinski definition) is 3. The van der Waals surface area contributed by atoms with Crippen LogP contribution in [0.2, 0.25) is 0 Å². The lowest BCUT2D eigenvalue weighted by Crippen LogP contribution is -2.47. The third kappa shape index (κ3) is 6.01. The van der Waals surface area contributed by atoms with Crippen molar-refractivity contribution in [2.24, 2.45) is 11.7 Å². The van der Waals surface area contributed by atoms with Gasteiger partial charge in [-0.2, -0.15) is 13.2 Å². The van der Waals surface area contributed by atoms with Crippen molar-refractivity contribution in [2.45, 2.75) is 43.4 Å². The maximum absolute atomic E-state index is 13.7. The summed E-state index contributed by atoms with van der Waals surface area (Å²) in [4.78, 5) is 12.7. The van der Waals surface area contributed by atoms with E-state index in [9.17, 15) is 18.0 Å². The van der Waals surface area contributed by atoms with E-state index in [1.807, 2.05) is 44.4 Å². The van der Waals surface area contributed by atoms with Gasteiger partial charge in [0.15, 0.2) is 0 Å². The Balaban J connectivity index is 2.27. The molecule has 0 heterocycles. The maximum Gasteiger partial charge on any atom is 0.407 e. The van der Waals surface area contributed by atoms with E-state index < -0.39 is 24.2 Å². The highest BCUT2D eigenvalue weighted by atomic mass is 32.2.